The van der Waals surface area contributed by atoms with Crippen LogP contribution in [0, 0.1) is 12.8 Å². The molecule has 6 nitrogen and oxygen atoms in total. The Kier molecular flexibility index (Phi) is 5.46. The van der Waals surface area contributed by atoms with Gasteiger partial charge < -0.3 is 19.1 Å². The van der Waals surface area contributed by atoms with Crippen molar-refractivity contribution in [2.45, 2.75) is 25.9 Å². The normalized spacial score (nSPS) is 23.3. The summed E-state index contributed by atoms with van der Waals surface area (Å²) >= 11 is 0. The number of hydrogen-bond acceptors (Lipinski definition) is 5. The van der Waals surface area contributed by atoms with Gasteiger partial charge in [-0.3, -0.25) is 4.79 Å². The number of nitrogens with zero attached hydrogens (tertiary/aromatic N) is 2. The smallest absolute Gasteiger partial charge is 0.226 e. The van der Waals surface area contributed by atoms with Gasteiger partial charge in [-0.1, -0.05) is 6.07 Å². The van der Waals surface area contributed by atoms with E-state index in [1.807, 2.05) is 30.0 Å². The van der Waals surface area contributed by atoms with Crippen molar-refractivity contribution in [2.24, 2.45) is 5.92 Å². The van der Waals surface area contributed by atoms with E-state index in [9.17, 15) is 4.79 Å². The summed E-state index contributed by atoms with van der Waals surface area (Å²) in [7, 11) is 0. The van der Waals surface area contributed by atoms with Crippen molar-refractivity contribution < 1.29 is 19.0 Å². The molecule has 1 atom stereocenters. The van der Waals surface area contributed by atoms with Gasteiger partial charge >= 0.3 is 0 Å². The molecule has 1 unspecified atom stereocenters. The molecule has 0 bridgehead atoms. The summed E-state index contributed by atoms with van der Waals surface area (Å²) in [6, 6.07) is 5.68. The molecule has 0 aromatic carbocycles. The number of aryl methyl sites for hydroxylation is 1. The zero-order valence-corrected chi connectivity index (χ0v) is 13.6. The zero-order valence-electron chi connectivity index (χ0n) is 13.6. The van der Waals surface area contributed by atoms with Gasteiger partial charge in [0.2, 0.25) is 11.8 Å². The number of amides is 1. The molecule has 1 aromatic heterocycles. The van der Waals surface area contributed by atoms with Crippen LogP contribution in [0.15, 0.2) is 18.2 Å². The summed E-state index contributed by atoms with van der Waals surface area (Å²) in [6.45, 7) is 5.48. The van der Waals surface area contributed by atoms with Crippen molar-refractivity contribution >= 4 is 5.91 Å². The maximum Gasteiger partial charge on any atom is 0.226 e. The topological polar surface area (TPSA) is 60.9 Å². The highest BCUT2D eigenvalue weighted by molar-refractivity contribution is 5.79. The summed E-state index contributed by atoms with van der Waals surface area (Å²) in [5.74, 6) is 0.850. The van der Waals surface area contributed by atoms with Crippen molar-refractivity contribution in [3.8, 4) is 5.88 Å². The second kappa shape index (κ2) is 7.75. The van der Waals surface area contributed by atoms with E-state index in [0.717, 1.165) is 18.5 Å². The first-order chi connectivity index (χ1) is 11.2. The van der Waals surface area contributed by atoms with Crippen LogP contribution in [0.2, 0.25) is 0 Å². The Balaban J connectivity index is 1.62. The van der Waals surface area contributed by atoms with Crippen LogP contribution in [-0.2, 0) is 14.3 Å². The zero-order chi connectivity index (χ0) is 16.1. The minimum Gasteiger partial charge on any atom is -0.470 e. The molecule has 2 fully saturated rings. The number of rotatable bonds is 3. The number of ether oxygens (including phenoxy) is 3. The minimum absolute atomic E-state index is 0.0691. The van der Waals surface area contributed by atoms with Crippen molar-refractivity contribution in [1.29, 1.82) is 0 Å². The number of aromatic nitrogens is 1. The highest BCUT2D eigenvalue weighted by atomic mass is 16.5. The van der Waals surface area contributed by atoms with Crippen LogP contribution in [0.5, 0.6) is 5.88 Å². The Hall–Kier alpha value is -1.66. The molecule has 2 aliphatic heterocycles. The van der Waals surface area contributed by atoms with E-state index >= 15 is 0 Å². The molecule has 0 N–H and O–H groups in total. The van der Waals surface area contributed by atoms with Gasteiger partial charge in [0.25, 0.3) is 0 Å². The second-order valence-corrected chi connectivity index (χ2v) is 6.10. The third-order valence-corrected chi connectivity index (χ3v) is 4.27. The fourth-order valence-corrected chi connectivity index (χ4v) is 3.01. The molecule has 3 heterocycles. The van der Waals surface area contributed by atoms with Crippen molar-refractivity contribution in [2.75, 3.05) is 39.5 Å². The molecule has 3 rings (SSSR count). The summed E-state index contributed by atoms with van der Waals surface area (Å²) in [6.07, 6.45) is 1.43. The Labute approximate surface area is 136 Å². The average molecular weight is 320 g/mol. The summed E-state index contributed by atoms with van der Waals surface area (Å²) < 4.78 is 16.9. The Morgan fingerprint density at radius 1 is 1.26 bits per heavy atom. The molecule has 0 radical (unpaired) electrons. The molecule has 0 saturated carbocycles. The van der Waals surface area contributed by atoms with Crippen LogP contribution in [0.1, 0.15) is 18.5 Å². The monoisotopic (exact) mass is 320 g/mol. The number of carbonyl (C=O) groups excluding carboxylic acids is 1. The van der Waals surface area contributed by atoms with Gasteiger partial charge in [0, 0.05) is 37.4 Å². The quantitative estimate of drug-likeness (QED) is 0.843. The highest BCUT2D eigenvalue weighted by Crippen LogP contribution is 2.19. The molecule has 0 spiro atoms. The summed E-state index contributed by atoms with van der Waals surface area (Å²) in [5, 5.41) is 0. The fourth-order valence-electron chi connectivity index (χ4n) is 3.01. The fraction of sp³-hybridized carbons (Fsp3) is 0.647. The van der Waals surface area contributed by atoms with Crippen molar-refractivity contribution in [1.82, 2.24) is 9.88 Å². The van der Waals surface area contributed by atoms with E-state index in [1.54, 1.807) is 0 Å². The molecule has 6 heteroatoms. The molecule has 23 heavy (non-hydrogen) atoms. The lowest BCUT2D eigenvalue weighted by Gasteiger charge is -2.29. The van der Waals surface area contributed by atoms with E-state index in [-0.39, 0.29) is 17.9 Å². The standard InChI is InChI=1S/C17H24N2O4/c1-13-3-2-4-16(18-13)23-15-11-19(7-10-22-12-15)17(20)14-5-8-21-9-6-14/h2-4,14-15H,5-12H2,1H3. The Bertz CT molecular complexity index is 531. The number of hydrogen-bond donors (Lipinski definition) is 0. The second-order valence-electron chi connectivity index (χ2n) is 6.10. The van der Waals surface area contributed by atoms with Crippen LogP contribution in [0.25, 0.3) is 0 Å². The molecule has 0 aliphatic carbocycles. The first kappa shape index (κ1) is 16.2. The Morgan fingerprint density at radius 3 is 2.87 bits per heavy atom. The molecular weight excluding hydrogens is 296 g/mol. The van der Waals surface area contributed by atoms with Gasteiger partial charge in [-0.2, -0.15) is 0 Å². The Morgan fingerprint density at radius 2 is 2.09 bits per heavy atom. The molecule has 126 valence electrons. The summed E-state index contributed by atoms with van der Waals surface area (Å²) in [4.78, 5) is 18.9. The first-order valence-corrected chi connectivity index (χ1v) is 8.27. The SMILES string of the molecule is Cc1cccc(OC2COCCN(C(=O)C3CCOCC3)C2)n1. The minimum atomic E-state index is -0.185. The highest BCUT2D eigenvalue weighted by Gasteiger charge is 2.30. The largest absolute Gasteiger partial charge is 0.470 e. The predicted molar refractivity (Wildman–Crippen MR) is 84.3 cm³/mol. The van der Waals surface area contributed by atoms with E-state index in [2.05, 4.69) is 4.98 Å². The van der Waals surface area contributed by atoms with Crippen LogP contribution in [-0.4, -0.2) is 61.4 Å². The number of pyridine rings is 1. The number of carbonyl (C=O) groups is 1. The van der Waals surface area contributed by atoms with E-state index < -0.39 is 0 Å². The van der Waals surface area contributed by atoms with E-state index in [4.69, 9.17) is 14.2 Å². The van der Waals surface area contributed by atoms with E-state index in [1.165, 1.54) is 0 Å². The predicted octanol–water partition coefficient (Wildman–Crippen LogP) is 1.42. The molecule has 2 aliphatic rings. The van der Waals surface area contributed by atoms with E-state index in [0.29, 0.717) is 45.4 Å². The van der Waals surface area contributed by atoms with Crippen LogP contribution in [0.4, 0.5) is 0 Å². The maximum absolute atomic E-state index is 12.7. The third-order valence-electron chi connectivity index (χ3n) is 4.27. The van der Waals surface area contributed by atoms with Crippen molar-refractivity contribution in [3.63, 3.8) is 0 Å². The van der Waals surface area contributed by atoms with Gasteiger partial charge in [0.1, 0.15) is 6.10 Å². The molecule has 1 aromatic rings. The van der Waals surface area contributed by atoms with Gasteiger partial charge in [0.05, 0.1) is 19.8 Å². The van der Waals surface area contributed by atoms with Gasteiger partial charge in [-0.25, -0.2) is 4.98 Å². The van der Waals surface area contributed by atoms with Crippen LogP contribution < -0.4 is 4.74 Å². The van der Waals surface area contributed by atoms with Crippen LogP contribution >= 0.6 is 0 Å². The van der Waals surface area contributed by atoms with Gasteiger partial charge in [-0.15, -0.1) is 0 Å². The average Bonchev–Trinajstić information content (AvgIpc) is 2.80. The van der Waals surface area contributed by atoms with Crippen molar-refractivity contribution in [3.05, 3.63) is 23.9 Å². The molecular formula is C17H24N2O4. The maximum atomic E-state index is 12.7. The van der Waals surface area contributed by atoms with Crippen LogP contribution in [0.3, 0.4) is 0 Å². The molecule has 1 amide bonds. The summed E-state index contributed by atoms with van der Waals surface area (Å²) in [5.41, 5.74) is 0.909. The first-order valence-electron chi connectivity index (χ1n) is 8.27. The lowest BCUT2D eigenvalue weighted by atomic mass is 9.98. The molecule has 2 saturated heterocycles. The lowest BCUT2D eigenvalue weighted by Crippen LogP contribution is -2.44. The van der Waals surface area contributed by atoms with Gasteiger partial charge in [0.15, 0.2) is 0 Å². The third kappa shape index (κ3) is 4.42. The lowest BCUT2D eigenvalue weighted by molar-refractivity contribution is -0.139. The van der Waals surface area contributed by atoms with Gasteiger partial charge in [-0.05, 0) is 25.8 Å².